The standard InChI is InChI=1S/C18H19N3O3/c1-23-18(22)11-7-8-14-13(9-11)15-16(19-10-20-17(15)24-14)21-12-5-3-2-4-6-12/h7-10,12H,2-6H2,1H3,(H,19,20,21). The molecule has 2 aromatic heterocycles. The lowest BCUT2D eigenvalue weighted by Gasteiger charge is -2.23. The van der Waals surface area contributed by atoms with Crippen molar-refractivity contribution in [2.75, 3.05) is 12.4 Å². The van der Waals surface area contributed by atoms with E-state index in [9.17, 15) is 4.79 Å². The van der Waals surface area contributed by atoms with E-state index in [1.165, 1.54) is 32.7 Å². The van der Waals surface area contributed by atoms with Crippen LogP contribution in [0.3, 0.4) is 0 Å². The van der Waals surface area contributed by atoms with Gasteiger partial charge in [0.15, 0.2) is 0 Å². The van der Waals surface area contributed by atoms with Gasteiger partial charge in [-0.3, -0.25) is 0 Å². The Bertz CT molecular complexity index is 897. The van der Waals surface area contributed by atoms with E-state index >= 15 is 0 Å². The molecule has 1 fully saturated rings. The zero-order valence-corrected chi connectivity index (χ0v) is 13.5. The molecule has 124 valence electrons. The number of aromatic nitrogens is 2. The van der Waals surface area contributed by atoms with Crippen LogP contribution in [0, 0.1) is 0 Å². The van der Waals surface area contributed by atoms with Crippen LogP contribution in [0.1, 0.15) is 42.5 Å². The quantitative estimate of drug-likeness (QED) is 0.736. The number of furan rings is 1. The Morgan fingerprint density at radius 3 is 2.88 bits per heavy atom. The molecule has 3 aromatic rings. The smallest absolute Gasteiger partial charge is 0.337 e. The summed E-state index contributed by atoms with van der Waals surface area (Å²) in [7, 11) is 1.37. The Labute approximate surface area is 139 Å². The molecule has 0 aliphatic heterocycles. The van der Waals surface area contributed by atoms with Gasteiger partial charge in [0.1, 0.15) is 17.7 Å². The maximum absolute atomic E-state index is 11.8. The summed E-state index contributed by atoms with van der Waals surface area (Å²) in [4.78, 5) is 20.5. The lowest BCUT2D eigenvalue weighted by Crippen LogP contribution is -2.22. The van der Waals surface area contributed by atoms with Crippen LogP contribution in [0.2, 0.25) is 0 Å². The number of hydrogen-bond acceptors (Lipinski definition) is 6. The number of hydrogen-bond donors (Lipinski definition) is 1. The van der Waals surface area contributed by atoms with E-state index in [4.69, 9.17) is 9.15 Å². The Hall–Kier alpha value is -2.63. The molecule has 1 aliphatic rings. The zero-order chi connectivity index (χ0) is 16.5. The second kappa shape index (κ2) is 6.11. The van der Waals surface area contributed by atoms with Gasteiger partial charge in [-0.15, -0.1) is 0 Å². The van der Waals surface area contributed by atoms with Crippen molar-refractivity contribution in [3.8, 4) is 0 Å². The molecular weight excluding hydrogens is 306 g/mol. The van der Waals surface area contributed by atoms with Gasteiger partial charge in [-0.2, -0.15) is 0 Å². The number of anilines is 1. The number of benzene rings is 1. The van der Waals surface area contributed by atoms with Crippen LogP contribution in [0.15, 0.2) is 28.9 Å². The maximum atomic E-state index is 11.8. The molecule has 0 radical (unpaired) electrons. The summed E-state index contributed by atoms with van der Waals surface area (Å²) in [5, 5.41) is 5.19. The molecule has 0 unspecified atom stereocenters. The van der Waals surface area contributed by atoms with E-state index in [0.29, 0.717) is 22.9 Å². The fraction of sp³-hybridized carbons (Fsp3) is 0.389. The Kier molecular flexibility index (Phi) is 3.80. The van der Waals surface area contributed by atoms with Crippen molar-refractivity contribution in [2.45, 2.75) is 38.1 Å². The van der Waals surface area contributed by atoms with Crippen LogP contribution in [-0.4, -0.2) is 29.1 Å². The first-order valence-corrected chi connectivity index (χ1v) is 8.28. The summed E-state index contributed by atoms with van der Waals surface area (Å²) in [5.74, 6) is 0.401. The van der Waals surface area contributed by atoms with Crippen LogP contribution < -0.4 is 5.32 Å². The minimum Gasteiger partial charge on any atom is -0.465 e. The van der Waals surface area contributed by atoms with Crippen LogP contribution in [0.5, 0.6) is 0 Å². The van der Waals surface area contributed by atoms with Gasteiger partial charge in [0.05, 0.1) is 18.1 Å². The van der Waals surface area contributed by atoms with Gasteiger partial charge < -0.3 is 14.5 Å². The van der Waals surface area contributed by atoms with Crippen molar-refractivity contribution in [3.05, 3.63) is 30.1 Å². The molecule has 6 heteroatoms. The predicted molar refractivity (Wildman–Crippen MR) is 91.1 cm³/mol. The van der Waals surface area contributed by atoms with Crippen molar-refractivity contribution < 1.29 is 13.9 Å². The van der Waals surface area contributed by atoms with Gasteiger partial charge >= 0.3 is 5.97 Å². The summed E-state index contributed by atoms with van der Waals surface area (Å²) < 4.78 is 10.6. The number of carbonyl (C=O) groups excluding carboxylic acids is 1. The number of nitrogens with one attached hydrogen (secondary N) is 1. The van der Waals surface area contributed by atoms with E-state index in [1.807, 2.05) is 0 Å². The van der Waals surface area contributed by atoms with Gasteiger partial charge in [0.25, 0.3) is 0 Å². The average molecular weight is 325 g/mol. The maximum Gasteiger partial charge on any atom is 0.337 e. The van der Waals surface area contributed by atoms with Gasteiger partial charge in [-0.1, -0.05) is 19.3 Å². The first-order valence-electron chi connectivity index (χ1n) is 8.28. The molecule has 1 N–H and O–H groups in total. The molecule has 0 atom stereocenters. The Morgan fingerprint density at radius 1 is 1.25 bits per heavy atom. The molecule has 24 heavy (non-hydrogen) atoms. The van der Waals surface area contributed by atoms with Gasteiger partial charge in [-0.25, -0.2) is 14.8 Å². The summed E-state index contributed by atoms with van der Waals surface area (Å²) in [6.45, 7) is 0. The van der Waals surface area contributed by atoms with Gasteiger partial charge in [0, 0.05) is 11.4 Å². The molecule has 1 aromatic carbocycles. The van der Waals surface area contributed by atoms with Crippen molar-refractivity contribution >= 4 is 33.9 Å². The Balaban J connectivity index is 1.82. The van der Waals surface area contributed by atoms with Crippen LogP contribution >= 0.6 is 0 Å². The third-order valence-corrected chi connectivity index (χ3v) is 4.64. The SMILES string of the molecule is COC(=O)c1ccc2oc3ncnc(NC4CCCCC4)c3c2c1. The lowest BCUT2D eigenvalue weighted by atomic mass is 9.95. The van der Waals surface area contributed by atoms with E-state index in [1.54, 1.807) is 18.2 Å². The summed E-state index contributed by atoms with van der Waals surface area (Å²) in [6, 6.07) is 5.67. The van der Waals surface area contributed by atoms with Crippen LogP contribution in [0.25, 0.3) is 22.1 Å². The molecule has 0 saturated heterocycles. The summed E-state index contributed by atoms with van der Waals surface area (Å²) in [6.07, 6.45) is 7.59. The molecule has 0 spiro atoms. The second-order valence-corrected chi connectivity index (χ2v) is 6.19. The minimum absolute atomic E-state index is 0.370. The fourth-order valence-corrected chi connectivity index (χ4v) is 3.40. The number of esters is 1. The number of nitrogens with zero attached hydrogens (tertiary/aromatic N) is 2. The number of ether oxygens (including phenoxy) is 1. The lowest BCUT2D eigenvalue weighted by molar-refractivity contribution is 0.0601. The third-order valence-electron chi connectivity index (χ3n) is 4.64. The molecule has 2 heterocycles. The van der Waals surface area contributed by atoms with Gasteiger partial charge in [-0.05, 0) is 31.0 Å². The molecule has 0 amide bonds. The fourth-order valence-electron chi connectivity index (χ4n) is 3.40. The first-order chi connectivity index (χ1) is 11.8. The summed E-state index contributed by atoms with van der Waals surface area (Å²) >= 11 is 0. The highest BCUT2D eigenvalue weighted by Crippen LogP contribution is 2.33. The Morgan fingerprint density at radius 2 is 2.08 bits per heavy atom. The number of methoxy groups -OCH3 is 1. The van der Waals surface area contributed by atoms with Crippen molar-refractivity contribution in [1.29, 1.82) is 0 Å². The van der Waals surface area contributed by atoms with Crippen LogP contribution in [0.4, 0.5) is 5.82 Å². The largest absolute Gasteiger partial charge is 0.465 e. The van der Waals surface area contributed by atoms with E-state index in [-0.39, 0.29) is 5.97 Å². The third kappa shape index (κ3) is 2.58. The molecule has 1 aliphatic carbocycles. The van der Waals surface area contributed by atoms with Crippen molar-refractivity contribution in [2.24, 2.45) is 0 Å². The predicted octanol–water partition coefficient (Wildman–Crippen LogP) is 3.91. The zero-order valence-electron chi connectivity index (χ0n) is 13.5. The number of fused-ring (bicyclic) bond motifs is 3. The highest BCUT2D eigenvalue weighted by molar-refractivity contribution is 6.11. The molecule has 4 rings (SSSR count). The molecular formula is C18H19N3O3. The highest BCUT2D eigenvalue weighted by Gasteiger charge is 2.19. The topological polar surface area (TPSA) is 77.2 Å². The van der Waals surface area contributed by atoms with E-state index in [0.717, 1.165) is 29.4 Å². The number of carbonyl (C=O) groups is 1. The van der Waals surface area contributed by atoms with E-state index < -0.39 is 0 Å². The van der Waals surface area contributed by atoms with Gasteiger partial charge in [0.2, 0.25) is 5.71 Å². The molecule has 0 bridgehead atoms. The van der Waals surface area contributed by atoms with Crippen molar-refractivity contribution in [3.63, 3.8) is 0 Å². The van der Waals surface area contributed by atoms with Crippen LogP contribution in [-0.2, 0) is 4.74 Å². The van der Waals surface area contributed by atoms with E-state index in [2.05, 4.69) is 15.3 Å². The monoisotopic (exact) mass is 325 g/mol. The highest BCUT2D eigenvalue weighted by atomic mass is 16.5. The number of rotatable bonds is 3. The second-order valence-electron chi connectivity index (χ2n) is 6.19. The minimum atomic E-state index is -0.370. The first kappa shape index (κ1) is 14.9. The molecule has 6 nitrogen and oxygen atoms in total. The molecule has 1 saturated carbocycles. The van der Waals surface area contributed by atoms with Crippen molar-refractivity contribution in [1.82, 2.24) is 9.97 Å². The normalized spacial score (nSPS) is 15.7. The summed E-state index contributed by atoms with van der Waals surface area (Å²) in [5.41, 5.74) is 1.70. The average Bonchev–Trinajstić information content (AvgIpc) is 3.00.